The summed E-state index contributed by atoms with van der Waals surface area (Å²) in [6, 6.07) is 5.25. The molecule has 2 aromatic rings. The number of hydrogen-bond donors (Lipinski definition) is 2. The van der Waals surface area contributed by atoms with Crippen molar-refractivity contribution in [3.8, 4) is 0 Å². The van der Waals surface area contributed by atoms with Gasteiger partial charge in [0.25, 0.3) is 0 Å². The molecule has 1 saturated heterocycles. The molecular formula is C39H54FN3O9. The summed E-state index contributed by atoms with van der Waals surface area (Å²) in [4.78, 5) is 66.5. The zero-order valence-corrected chi connectivity index (χ0v) is 30.9. The van der Waals surface area contributed by atoms with Crippen molar-refractivity contribution in [2.45, 2.75) is 122 Å². The molecule has 52 heavy (non-hydrogen) atoms. The predicted octanol–water partition coefficient (Wildman–Crippen LogP) is 7.30. The lowest BCUT2D eigenvalue weighted by molar-refractivity contribution is -0.152. The molecular weight excluding hydrogens is 673 g/mol. The first-order valence-corrected chi connectivity index (χ1v) is 18.9. The van der Waals surface area contributed by atoms with Gasteiger partial charge in [0.2, 0.25) is 24.4 Å². The third kappa shape index (κ3) is 10.0. The summed E-state index contributed by atoms with van der Waals surface area (Å²) in [5.41, 5.74) is 0.225. The van der Waals surface area contributed by atoms with Crippen LogP contribution in [0.25, 0.3) is 11.0 Å². The number of furan rings is 1. The van der Waals surface area contributed by atoms with Crippen LogP contribution in [0, 0.1) is 23.7 Å². The van der Waals surface area contributed by atoms with E-state index in [-0.39, 0.29) is 41.7 Å². The standard InChI is InChI=1S/C39H54FN3O9/c1-5-9-33(44)49-23-50-37(47)32-21-27-20-28(16-17-31(27)51-32)41-35(45)34-29(24-10-7-6-8-11-24)18-19-43(34)36(46)26-14-12-25(13-15-26)30(22-40)42-38(48)52-39(2,3)4/h16-17,20-21,24-26,29-30,34H,5-15,18-19,22-23H2,1-4H3,(H,41,45)(H,42,48)/t25?,26?,29-,30?,34-/m0/s1. The molecule has 0 bridgehead atoms. The monoisotopic (exact) mass is 727 g/mol. The first-order chi connectivity index (χ1) is 24.9. The summed E-state index contributed by atoms with van der Waals surface area (Å²) < 4.78 is 34.9. The number of carbonyl (C=O) groups excluding carboxylic acids is 5. The molecule has 2 aliphatic carbocycles. The van der Waals surface area contributed by atoms with Gasteiger partial charge in [-0.1, -0.05) is 39.0 Å². The van der Waals surface area contributed by atoms with Crippen molar-refractivity contribution in [2.24, 2.45) is 23.7 Å². The number of alkyl carbamates (subject to hydrolysis) is 1. The second-order valence-corrected chi connectivity index (χ2v) is 15.5. The number of ether oxygens (including phenoxy) is 3. The Labute approximate surface area is 304 Å². The number of anilines is 1. The fourth-order valence-electron chi connectivity index (χ4n) is 8.13. The lowest BCUT2D eigenvalue weighted by Crippen LogP contribution is -2.50. The quantitative estimate of drug-likeness (QED) is 0.169. The second-order valence-electron chi connectivity index (χ2n) is 15.5. The number of esters is 2. The van der Waals surface area contributed by atoms with Crippen LogP contribution >= 0.6 is 0 Å². The largest absolute Gasteiger partial charge is 0.449 e. The molecule has 2 N–H and O–H groups in total. The average Bonchev–Trinajstić information content (AvgIpc) is 3.75. The normalized spacial score (nSPS) is 23.1. The Balaban J connectivity index is 1.24. The van der Waals surface area contributed by atoms with Crippen molar-refractivity contribution in [1.29, 1.82) is 0 Å². The van der Waals surface area contributed by atoms with E-state index in [1.54, 1.807) is 43.9 Å². The fraction of sp³-hybridized carbons (Fsp3) is 0.667. The molecule has 12 nitrogen and oxygen atoms in total. The Morgan fingerprint density at radius 3 is 2.37 bits per heavy atom. The van der Waals surface area contributed by atoms with Crippen molar-refractivity contribution < 1.29 is 47.0 Å². The van der Waals surface area contributed by atoms with Gasteiger partial charge in [-0.3, -0.25) is 14.4 Å². The van der Waals surface area contributed by atoms with Gasteiger partial charge in [-0.05, 0) is 101 Å². The van der Waals surface area contributed by atoms with E-state index in [0.29, 0.717) is 61.2 Å². The molecule has 2 saturated carbocycles. The topological polar surface area (TPSA) is 153 Å². The number of nitrogens with zero attached hydrogens (tertiary/aromatic N) is 1. The summed E-state index contributed by atoms with van der Waals surface area (Å²) in [5.74, 6) is -1.59. The Morgan fingerprint density at radius 2 is 1.69 bits per heavy atom. The third-order valence-corrected chi connectivity index (χ3v) is 10.7. The summed E-state index contributed by atoms with van der Waals surface area (Å²) >= 11 is 0. The molecule has 0 radical (unpaired) electrons. The van der Waals surface area contributed by atoms with Crippen molar-refractivity contribution in [3.63, 3.8) is 0 Å². The minimum absolute atomic E-state index is 0.0392. The number of likely N-dealkylation sites (tertiary alicyclic amines) is 1. The van der Waals surface area contributed by atoms with E-state index in [0.717, 1.165) is 32.1 Å². The molecule has 1 aromatic heterocycles. The van der Waals surface area contributed by atoms with Crippen LogP contribution < -0.4 is 10.6 Å². The van der Waals surface area contributed by atoms with Crippen LogP contribution in [0.4, 0.5) is 14.9 Å². The number of rotatable bonds is 12. The molecule has 5 rings (SSSR count). The van der Waals surface area contributed by atoms with E-state index in [9.17, 15) is 28.4 Å². The number of amides is 3. The molecule has 3 amide bonds. The van der Waals surface area contributed by atoms with E-state index >= 15 is 0 Å². The maximum Gasteiger partial charge on any atom is 0.407 e. The van der Waals surface area contributed by atoms with Gasteiger partial charge in [0.05, 0.1) is 6.04 Å². The highest BCUT2D eigenvalue weighted by Gasteiger charge is 2.47. The summed E-state index contributed by atoms with van der Waals surface area (Å²) in [5, 5.41) is 6.31. The van der Waals surface area contributed by atoms with Crippen molar-refractivity contribution in [1.82, 2.24) is 10.2 Å². The van der Waals surface area contributed by atoms with Crippen molar-refractivity contribution in [3.05, 3.63) is 30.0 Å². The molecule has 3 atom stereocenters. The molecule has 0 spiro atoms. The SMILES string of the molecule is CCCC(=O)OCOC(=O)c1cc2cc(NC(=O)[C@@H]3[C@H](C4CCCCC4)CCN3C(=O)C3CCC(C(CF)NC(=O)OC(C)(C)C)CC3)ccc2o1. The van der Waals surface area contributed by atoms with Gasteiger partial charge in [0.1, 0.15) is 23.9 Å². The van der Waals surface area contributed by atoms with Crippen LogP contribution in [0.5, 0.6) is 0 Å². The highest BCUT2D eigenvalue weighted by atomic mass is 19.1. The molecule has 286 valence electrons. The van der Waals surface area contributed by atoms with Gasteiger partial charge in [-0.25, -0.2) is 14.0 Å². The molecule has 3 aliphatic rings. The van der Waals surface area contributed by atoms with E-state index in [1.807, 2.05) is 6.92 Å². The molecule has 1 unspecified atom stereocenters. The molecule has 13 heteroatoms. The molecule has 1 aliphatic heterocycles. The minimum atomic E-state index is -0.782. The van der Waals surface area contributed by atoms with Gasteiger partial charge >= 0.3 is 18.0 Å². The van der Waals surface area contributed by atoms with E-state index in [1.165, 1.54) is 12.5 Å². The van der Waals surface area contributed by atoms with Gasteiger partial charge in [-0.2, -0.15) is 0 Å². The minimum Gasteiger partial charge on any atom is -0.449 e. The summed E-state index contributed by atoms with van der Waals surface area (Å²) in [7, 11) is 0. The van der Waals surface area contributed by atoms with Crippen LogP contribution in [0.1, 0.15) is 115 Å². The lowest BCUT2D eigenvalue weighted by Gasteiger charge is -2.37. The first kappa shape index (κ1) is 39.1. The van der Waals surface area contributed by atoms with Crippen LogP contribution in [-0.2, 0) is 28.6 Å². The van der Waals surface area contributed by atoms with E-state index in [2.05, 4.69) is 10.6 Å². The first-order valence-electron chi connectivity index (χ1n) is 18.9. The highest BCUT2D eigenvalue weighted by Crippen LogP contribution is 2.41. The Bertz CT molecular complexity index is 1570. The van der Waals surface area contributed by atoms with Crippen LogP contribution in [0.15, 0.2) is 28.7 Å². The molecule has 3 fully saturated rings. The summed E-state index contributed by atoms with van der Waals surface area (Å²) in [6.07, 6.45) is 8.71. The van der Waals surface area contributed by atoms with Crippen LogP contribution in [0.2, 0.25) is 0 Å². The Morgan fingerprint density at radius 1 is 0.962 bits per heavy atom. The predicted molar refractivity (Wildman–Crippen MR) is 191 cm³/mol. The average molecular weight is 728 g/mol. The number of fused-ring (bicyclic) bond motifs is 1. The maximum atomic E-state index is 14.2. The zero-order valence-electron chi connectivity index (χ0n) is 30.9. The number of carbonyl (C=O) groups is 5. The third-order valence-electron chi connectivity index (χ3n) is 10.7. The lowest BCUT2D eigenvalue weighted by atomic mass is 9.76. The number of benzene rings is 1. The number of hydrogen-bond acceptors (Lipinski definition) is 9. The van der Waals surface area contributed by atoms with Gasteiger partial charge in [0.15, 0.2) is 0 Å². The summed E-state index contributed by atoms with van der Waals surface area (Å²) in [6.45, 7) is 6.38. The Kier molecular flexibility index (Phi) is 13.2. The zero-order chi connectivity index (χ0) is 37.4. The van der Waals surface area contributed by atoms with Crippen molar-refractivity contribution >= 4 is 46.5 Å². The fourth-order valence-corrected chi connectivity index (χ4v) is 8.13. The smallest absolute Gasteiger partial charge is 0.407 e. The van der Waals surface area contributed by atoms with Crippen molar-refractivity contribution in [2.75, 3.05) is 25.3 Å². The van der Waals surface area contributed by atoms with E-state index in [4.69, 9.17) is 18.6 Å². The van der Waals surface area contributed by atoms with Crippen LogP contribution in [0.3, 0.4) is 0 Å². The molecule has 2 heterocycles. The number of nitrogens with one attached hydrogen (secondary N) is 2. The molecule has 1 aromatic carbocycles. The maximum absolute atomic E-state index is 14.2. The highest BCUT2D eigenvalue weighted by molar-refractivity contribution is 6.00. The van der Waals surface area contributed by atoms with Crippen LogP contribution in [-0.4, -0.2) is 72.4 Å². The number of halogens is 1. The number of alkyl halides is 1. The van der Waals surface area contributed by atoms with Gasteiger partial charge in [-0.15, -0.1) is 0 Å². The van der Waals surface area contributed by atoms with Gasteiger partial charge in [0, 0.05) is 30.0 Å². The van der Waals surface area contributed by atoms with Gasteiger partial charge < -0.3 is 34.2 Å². The van der Waals surface area contributed by atoms with E-state index < -0.39 is 49.2 Å². The second kappa shape index (κ2) is 17.6. The Hall–Kier alpha value is -4.16.